The lowest BCUT2D eigenvalue weighted by atomic mass is 10.2. The predicted molar refractivity (Wildman–Crippen MR) is 84.8 cm³/mol. The largest absolute Gasteiger partial charge is 0.383 e. The van der Waals surface area contributed by atoms with Gasteiger partial charge in [0.25, 0.3) is 0 Å². The van der Waals surface area contributed by atoms with Crippen LogP contribution in [0.15, 0.2) is 28.7 Å². The maximum atomic E-state index is 6.00. The molecule has 5 heteroatoms. The first-order valence-electron chi connectivity index (χ1n) is 6.36. The van der Waals surface area contributed by atoms with Gasteiger partial charge in [0.05, 0.1) is 0 Å². The Kier molecular flexibility index (Phi) is 3.50. The number of anilines is 2. The van der Waals surface area contributed by atoms with E-state index in [-0.39, 0.29) is 0 Å². The highest BCUT2D eigenvalue weighted by Crippen LogP contribution is 2.48. The van der Waals surface area contributed by atoms with Crippen molar-refractivity contribution in [2.45, 2.75) is 25.3 Å². The molecule has 0 unspecified atom stereocenters. The van der Waals surface area contributed by atoms with Gasteiger partial charge in [0.15, 0.2) is 0 Å². The van der Waals surface area contributed by atoms with Gasteiger partial charge in [-0.3, -0.25) is 0 Å². The summed E-state index contributed by atoms with van der Waals surface area (Å²) in [6, 6.07) is 8.43. The van der Waals surface area contributed by atoms with Crippen LogP contribution in [0.3, 0.4) is 0 Å². The lowest BCUT2D eigenvalue weighted by Gasteiger charge is -2.18. The van der Waals surface area contributed by atoms with Crippen LogP contribution in [0.1, 0.15) is 29.9 Å². The van der Waals surface area contributed by atoms with Crippen molar-refractivity contribution in [3.63, 3.8) is 0 Å². The van der Waals surface area contributed by atoms with Crippen LogP contribution in [0.5, 0.6) is 0 Å². The van der Waals surface area contributed by atoms with E-state index in [0.29, 0.717) is 5.92 Å². The van der Waals surface area contributed by atoms with E-state index in [1.807, 2.05) is 0 Å². The average molecular weight is 338 g/mol. The predicted octanol–water partition coefficient (Wildman–Crippen LogP) is 4.00. The summed E-state index contributed by atoms with van der Waals surface area (Å²) < 4.78 is 5.44. The minimum absolute atomic E-state index is 0.640. The van der Waals surface area contributed by atoms with Gasteiger partial charge in [-0.05, 0) is 48.0 Å². The van der Waals surface area contributed by atoms with Gasteiger partial charge in [0.2, 0.25) is 0 Å². The quantitative estimate of drug-likeness (QED) is 0.916. The number of halogens is 1. The normalized spacial score (nSPS) is 14.6. The van der Waals surface area contributed by atoms with Crippen LogP contribution in [0, 0.1) is 0 Å². The number of aromatic nitrogens is 1. The summed E-state index contributed by atoms with van der Waals surface area (Å²) in [5.74, 6) is 1.37. The van der Waals surface area contributed by atoms with E-state index in [9.17, 15) is 0 Å². The number of hydrogen-bond donors (Lipinski definition) is 1. The third-order valence-corrected chi connectivity index (χ3v) is 4.92. The molecule has 1 aromatic carbocycles. The summed E-state index contributed by atoms with van der Waals surface area (Å²) in [7, 11) is 2.11. The molecule has 0 spiro atoms. The van der Waals surface area contributed by atoms with Crippen LogP contribution in [0.25, 0.3) is 0 Å². The lowest BCUT2D eigenvalue weighted by Crippen LogP contribution is -2.16. The molecule has 3 rings (SSSR count). The molecule has 1 aliphatic carbocycles. The Hall–Kier alpha value is -1.07. The SMILES string of the molecule is CN(Cc1ccc(Br)cc1)c1snc(N)c1C1CC1. The van der Waals surface area contributed by atoms with E-state index < -0.39 is 0 Å². The third kappa shape index (κ3) is 2.77. The molecule has 1 saturated carbocycles. The molecule has 1 aromatic heterocycles. The van der Waals surface area contributed by atoms with Crippen LogP contribution in [-0.4, -0.2) is 11.4 Å². The number of nitrogen functional groups attached to an aromatic ring is 1. The van der Waals surface area contributed by atoms with Gasteiger partial charge in [-0.15, -0.1) is 0 Å². The number of benzene rings is 1. The topological polar surface area (TPSA) is 42.2 Å². The minimum Gasteiger partial charge on any atom is -0.383 e. The molecule has 1 heterocycles. The Morgan fingerprint density at radius 2 is 2.05 bits per heavy atom. The molecule has 0 atom stereocenters. The van der Waals surface area contributed by atoms with E-state index in [2.05, 4.69) is 56.5 Å². The van der Waals surface area contributed by atoms with Crippen molar-refractivity contribution in [1.82, 2.24) is 4.37 Å². The zero-order chi connectivity index (χ0) is 13.4. The maximum Gasteiger partial charge on any atom is 0.142 e. The molecule has 2 aromatic rings. The van der Waals surface area contributed by atoms with Crippen molar-refractivity contribution in [1.29, 1.82) is 0 Å². The van der Waals surface area contributed by atoms with Crippen LogP contribution in [-0.2, 0) is 6.54 Å². The Balaban J connectivity index is 1.80. The lowest BCUT2D eigenvalue weighted by molar-refractivity contribution is 0.921. The molecule has 0 radical (unpaired) electrons. The highest BCUT2D eigenvalue weighted by Gasteiger charge is 2.31. The zero-order valence-corrected chi connectivity index (χ0v) is 13.2. The van der Waals surface area contributed by atoms with Gasteiger partial charge in [-0.1, -0.05) is 28.1 Å². The number of nitrogens with zero attached hydrogens (tertiary/aromatic N) is 2. The van der Waals surface area contributed by atoms with Crippen molar-refractivity contribution in [3.05, 3.63) is 39.9 Å². The molecule has 0 saturated heterocycles. The van der Waals surface area contributed by atoms with Gasteiger partial charge in [-0.25, -0.2) is 0 Å². The van der Waals surface area contributed by atoms with E-state index >= 15 is 0 Å². The summed E-state index contributed by atoms with van der Waals surface area (Å²) >= 11 is 4.98. The molecule has 100 valence electrons. The number of nitrogens with two attached hydrogens (primary N) is 1. The maximum absolute atomic E-state index is 6.00. The second kappa shape index (κ2) is 5.13. The van der Waals surface area contributed by atoms with E-state index in [1.165, 1.54) is 40.5 Å². The molecule has 3 nitrogen and oxygen atoms in total. The standard InChI is InChI=1S/C14H16BrN3S/c1-18(8-9-2-6-11(15)7-3-9)14-12(10-4-5-10)13(16)17-19-14/h2-3,6-7,10H,4-5,8H2,1H3,(H2,16,17). The first-order chi connectivity index (χ1) is 9.15. The van der Waals surface area contributed by atoms with Gasteiger partial charge in [0.1, 0.15) is 10.8 Å². The van der Waals surface area contributed by atoms with Gasteiger partial charge in [0, 0.05) is 23.6 Å². The molecule has 1 aliphatic rings. The second-order valence-corrected chi connectivity index (χ2v) is 6.71. The van der Waals surface area contributed by atoms with Gasteiger partial charge < -0.3 is 10.6 Å². The fourth-order valence-corrected chi connectivity index (χ4v) is 3.39. The number of rotatable bonds is 4. The summed E-state index contributed by atoms with van der Waals surface area (Å²) in [5.41, 5.74) is 8.56. The highest BCUT2D eigenvalue weighted by molar-refractivity contribution is 9.10. The van der Waals surface area contributed by atoms with Gasteiger partial charge >= 0.3 is 0 Å². The molecular formula is C14H16BrN3S. The van der Waals surface area contributed by atoms with Crippen LogP contribution in [0.2, 0.25) is 0 Å². The van der Waals surface area contributed by atoms with E-state index in [0.717, 1.165) is 16.8 Å². The molecule has 19 heavy (non-hydrogen) atoms. The Bertz CT molecular complexity index is 575. The molecule has 0 aliphatic heterocycles. The molecule has 2 N–H and O–H groups in total. The first kappa shape index (κ1) is 12.9. The molecular weight excluding hydrogens is 322 g/mol. The Labute approximate surface area is 125 Å². The fraction of sp³-hybridized carbons (Fsp3) is 0.357. The summed E-state index contributed by atoms with van der Waals surface area (Å²) in [4.78, 5) is 2.25. The van der Waals surface area contributed by atoms with Crippen LogP contribution < -0.4 is 10.6 Å². The van der Waals surface area contributed by atoms with Crippen molar-refractivity contribution >= 4 is 38.3 Å². The zero-order valence-electron chi connectivity index (χ0n) is 10.8. The summed E-state index contributed by atoms with van der Waals surface area (Å²) in [6.45, 7) is 0.884. The van der Waals surface area contributed by atoms with Crippen molar-refractivity contribution < 1.29 is 0 Å². The average Bonchev–Trinajstić information content (AvgIpc) is 3.15. The van der Waals surface area contributed by atoms with Crippen molar-refractivity contribution in [2.24, 2.45) is 0 Å². The number of hydrogen-bond acceptors (Lipinski definition) is 4. The summed E-state index contributed by atoms with van der Waals surface area (Å²) in [6.07, 6.45) is 2.50. The Morgan fingerprint density at radius 1 is 1.37 bits per heavy atom. The second-order valence-electron chi connectivity index (χ2n) is 5.04. The molecule has 0 amide bonds. The van der Waals surface area contributed by atoms with Crippen molar-refractivity contribution in [2.75, 3.05) is 17.7 Å². The summed E-state index contributed by atoms with van der Waals surface area (Å²) in [5, 5.41) is 1.22. The van der Waals surface area contributed by atoms with E-state index in [4.69, 9.17) is 5.73 Å². The Morgan fingerprint density at radius 3 is 2.68 bits per heavy atom. The van der Waals surface area contributed by atoms with Crippen molar-refractivity contribution in [3.8, 4) is 0 Å². The van der Waals surface area contributed by atoms with Crippen LogP contribution in [0.4, 0.5) is 10.8 Å². The van der Waals surface area contributed by atoms with Crippen LogP contribution >= 0.6 is 27.5 Å². The molecule has 0 bridgehead atoms. The fourth-order valence-electron chi connectivity index (χ4n) is 2.27. The first-order valence-corrected chi connectivity index (χ1v) is 7.92. The van der Waals surface area contributed by atoms with E-state index in [1.54, 1.807) is 0 Å². The third-order valence-electron chi connectivity index (χ3n) is 3.40. The monoisotopic (exact) mass is 337 g/mol. The van der Waals surface area contributed by atoms with Gasteiger partial charge in [-0.2, -0.15) is 4.37 Å². The highest BCUT2D eigenvalue weighted by atomic mass is 79.9. The smallest absolute Gasteiger partial charge is 0.142 e. The minimum atomic E-state index is 0.640. The molecule has 1 fully saturated rings.